The molecule has 1 unspecified atom stereocenters. The van der Waals surface area contributed by atoms with Gasteiger partial charge in [-0.05, 0) is 31.2 Å². The van der Waals surface area contributed by atoms with Crippen LogP contribution in [0.15, 0.2) is 58.2 Å². The molecule has 0 spiro atoms. The molecule has 6 nitrogen and oxygen atoms in total. The van der Waals surface area contributed by atoms with Gasteiger partial charge >= 0.3 is 0 Å². The summed E-state index contributed by atoms with van der Waals surface area (Å²) in [4.78, 5) is 18.0. The number of aryl methyl sites for hydroxylation is 1. The summed E-state index contributed by atoms with van der Waals surface area (Å²) in [6.07, 6.45) is -0.320. The molecule has 1 amide bonds. The van der Waals surface area contributed by atoms with Crippen LogP contribution in [0.3, 0.4) is 0 Å². The molecule has 1 aromatic heterocycles. The topological polar surface area (TPSA) is 68.5 Å². The second-order valence-corrected chi connectivity index (χ2v) is 8.59. The van der Waals surface area contributed by atoms with E-state index in [1.54, 1.807) is 28.9 Å². The standard InChI is InChI=1S/C21H17BrCl2N4O2/c1-12-8-20(26-28(12)11-15-16(23)6-3-7-17(15)24)25-21(29)19-10-18(27-30-19)13-4-2-5-14(22)9-13/h2-9,19H,10-11H2,1H3,(H,25,26,29). The summed E-state index contributed by atoms with van der Waals surface area (Å²) in [6.45, 7) is 2.30. The molecule has 0 fully saturated rings. The van der Waals surface area contributed by atoms with Gasteiger partial charge in [-0.2, -0.15) is 5.10 Å². The van der Waals surface area contributed by atoms with Crippen LogP contribution < -0.4 is 5.32 Å². The molecule has 1 aliphatic heterocycles. The number of carbonyl (C=O) groups is 1. The van der Waals surface area contributed by atoms with Gasteiger partial charge in [0.1, 0.15) is 0 Å². The first-order valence-corrected chi connectivity index (χ1v) is 10.7. The third kappa shape index (κ3) is 4.53. The van der Waals surface area contributed by atoms with E-state index in [4.69, 9.17) is 28.0 Å². The zero-order chi connectivity index (χ0) is 21.3. The maximum Gasteiger partial charge on any atom is 0.269 e. The molecule has 2 aromatic carbocycles. The number of anilines is 1. The number of amides is 1. The molecule has 0 saturated carbocycles. The second-order valence-electron chi connectivity index (χ2n) is 6.86. The van der Waals surface area contributed by atoms with Crippen LogP contribution in [0.2, 0.25) is 10.0 Å². The largest absolute Gasteiger partial charge is 0.382 e. The lowest BCUT2D eigenvalue weighted by atomic mass is 10.0. The van der Waals surface area contributed by atoms with E-state index in [2.05, 4.69) is 31.5 Å². The number of hydrogen-bond donors (Lipinski definition) is 1. The SMILES string of the molecule is Cc1cc(NC(=O)C2CC(c3cccc(Br)c3)=NO2)nn1Cc1c(Cl)cccc1Cl. The number of benzene rings is 2. The van der Waals surface area contributed by atoms with Gasteiger partial charge in [0.25, 0.3) is 5.91 Å². The summed E-state index contributed by atoms with van der Waals surface area (Å²) in [5.41, 5.74) is 3.28. The summed E-state index contributed by atoms with van der Waals surface area (Å²) in [6, 6.07) is 14.9. The molecule has 0 aliphatic carbocycles. The van der Waals surface area contributed by atoms with Crippen LogP contribution in [0.4, 0.5) is 5.82 Å². The minimum Gasteiger partial charge on any atom is -0.382 e. The van der Waals surface area contributed by atoms with Crippen molar-refractivity contribution in [1.82, 2.24) is 9.78 Å². The van der Waals surface area contributed by atoms with Gasteiger partial charge in [-0.3, -0.25) is 9.48 Å². The molecule has 3 aromatic rings. The average Bonchev–Trinajstić information content (AvgIpc) is 3.32. The molecular formula is C21H17BrCl2N4O2. The van der Waals surface area contributed by atoms with Crippen LogP contribution in [0, 0.1) is 6.92 Å². The number of oxime groups is 1. The number of aromatic nitrogens is 2. The highest BCUT2D eigenvalue weighted by Gasteiger charge is 2.29. The Bertz CT molecular complexity index is 1130. The number of nitrogens with zero attached hydrogens (tertiary/aromatic N) is 3. The first-order chi connectivity index (χ1) is 14.4. The smallest absolute Gasteiger partial charge is 0.269 e. The lowest BCUT2D eigenvalue weighted by Crippen LogP contribution is -2.28. The van der Waals surface area contributed by atoms with Gasteiger partial charge in [0.05, 0.1) is 12.3 Å². The predicted octanol–water partition coefficient (Wildman–Crippen LogP) is 5.44. The van der Waals surface area contributed by atoms with Gasteiger partial charge in [0.15, 0.2) is 5.82 Å². The Labute approximate surface area is 191 Å². The first kappa shape index (κ1) is 20.9. The van der Waals surface area contributed by atoms with Gasteiger partial charge in [-0.1, -0.05) is 62.5 Å². The lowest BCUT2D eigenvalue weighted by Gasteiger charge is -2.09. The summed E-state index contributed by atoms with van der Waals surface area (Å²) >= 11 is 15.9. The van der Waals surface area contributed by atoms with Crippen molar-refractivity contribution in [1.29, 1.82) is 0 Å². The molecule has 30 heavy (non-hydrogen) atoms. The van der Waals surface area contributed by atoms with Crippen LogP contribution in [-0.2, 0) is 16.2 Å². The number of hydrogen-bond acceptors (Lipinski definition) is 4. The van der Waals surface area contributed by atoms with Crippen molar-refractivity contribution in [2.45, 2.75) is 26.0 Å². The van der Waals surface area contributed by atoms with Crippen molar-refractivity contribution in [3.8, 4) is 0 Å². The van der Waals surface area contributed by atoms with Crippen LogP contribution in [-0.4, -0.2) is 27.5 Å². The quantitative estimate of drug-likeness (QED) is 0.499. The van der Waals surface area contributed by atoms with E-state index in [1.807, 2.05) is 31.2 Å². The average molecular weight is 508 g/mol. The summed E-state index contributed by atoms with van der Waals surface area (Å²) in [5.74, 6) is 0.129. The highest BCUT2D eigenvalue weighted by molar-refractivity contribution is 9.10. The molecule has 4 rings (SSSR count). The van der Waals surface area contributed by atoms with E-state index in [0.717, 1.165) is 27.0 Å². The fraction of sp³-hybridized carbons (Fsp3) is 0.190. The first-order valence-electron chi connectivity index (χ1n) is 9.17. The molecular weight excluding hydrogens is 491 g/mol. The third-order valence-electron chi connectivity index (χ3n) is 4.72. The van der Waals surface area contributed by atoms with Gasteiger partial charge in [-0.25, -0.2) is 0 Å². The van der Waals surface area contributed by atoms with Crippen molar-refractivity contribution in [3.05, 3.63) is 79.9 Å². The zero-order valence-electron chi connectivity index (χ0n) is 15.9. The van der Waals surface area contributed by atoms with Gasteiger partial charge in [0, 0.05) is 43.8 Å². The van der Waals surface area contributed by atoms with Crippen LogP contribution in [0.25, 0.3) is 0 Å². The van der Waals surface area contributed by atoms with E-state index in [9.17, 15) is 4.79 Å². The predicted molar refractivity (Wildman–Crippen MR) is 121 cm³/mol. The lowest BCUT2D eigenvalue weighted by molar-refractivity contribution is -0.125. The number of rotatable bonds is 5. The Morgan fingerprint density at radius 3 is 2.70 bits per heavy atom. The van der Waals surface area contributed by atoms with E-state index in [-0.39, 0.29) is 5.91 Å². The number of nitrogens with one attached hydrogen (secondary N) is 1. The van der Waals surface area contributed by atoms with Crippen molar-refractivity contribution in [2.24, 2.45) is 5.16 Å². The number of halogens is 3. The minimum atomic E-state index is -0.706. The fourth-order valence-corrected chi connectivity index (χ4v) is 4.04. The molecule has 0 bridgehead atoms. The molecule has 2 heterocycles. The Kier molecular flexibility index (Phi) is 6.13. The Hall–Kier alpha value is -2.35. The molecule has 0 radical (unpaired) electrons. The fourth-order valence-electron chi connectivity index (χ4n) is 3.13. The van der Waals surface area contributed by atoms with E-state index in [0.29, 0.717) is 28.8 Å². The maximum atomic E-state index is 12.6. The third-order valence-corrected chi connectivity index (χ3v) is 5.92. The Balaban J connectivity index is 1.42. The van der Waals surface area contributed by atoms with Crippen molar-refractivity contribution >= 4 is 56.6 Å². The van der Waals surface area contributed by atoms with Crippen molar-refractivity contribution < 1.29 is 9.63 Å². The van der Waals surface area contributed by atoms with Crippen molar-refractivity contribution in [2.75, 3.05) is 5.32 Å². The van der Waals surface area contributed by atoms with Crippen molar-refractivity contribution in [3.63, 3.8) is 0 Å². The van der Waals surface area contributed by atoms with Gasteiger partial charge in [-0.15, -0.1) is 0 Å². The molecule has 0 saturated heterocycles. The van der Waals surface area contributed by atoms with Crippen LogP contribution in [0.5, 0.6) is 0 Å². The molecule has 154 valence electrons. The maximum absolute atomic E-state index is 12.6. The summed E-state index contributed by atoms with van der Waals surface area (Å²) in [7, 11) is 0. The Morgan fingerprint density at radius 1 is 1.23 bits per heavy atom. The molecule has 1 aliphatic rings. The van der Waals surface area contributed by atoms with E-state index < -0.39 is 6.10 Å². The minimum absolute atomic E-state index is 0.302. The van der Waals surface area contributed by atoms with E-state index >= 15 is 0 Å². The molecule has 1 atom stereocenters. The highest BCUT2D eigenvalue weighted by atomic mass is 79.9. The van der Waals surface area contributed by atoms with Crippen LogP contribution in [0.1, 0.15) is 23.2 Å². The molecule has 9 heteroatoms. The second kappa shape index (κ2) is 8.79. The number of carbonyl (C=O) groups excluding carboxylic acids is 1. The monoisotopic (exact) mass is 506 g/mol. The zero-order valence-corrected chi connectivity index (χ0v) is 19.0. The summed E-state index contributed by atoms with van der Waals surface area (Å²) < 4.78 is 2.68. The highest BCUT2D eigenvalue weighted by Crippen LogP contribution is 2.26. The van der Waals surface area contributed by atoms with Gasteiger partial charge in [0.2, 0.25) is 6.10 Å². The van der Waals surface area contributed by atoms with Gasteiger partial charge < -0.3 is 10.2 Å². The van der Waals surface area contributed by atoms with E-state index in [1.165, 1.54) is 0 Å². The normalized spacial score (nSPS) is 15.6. The van der Waals surface area contributed by atoms with Crippen LogP contribution >= 0.6 is 39.1 Å². The Morgan fingerprint density at radius 2 is 1.97 bits per heavy atom. The molecule has 1 N–H and O–H groups in total. The summed E-state index contributed by atoms with van der Waals surface area (Å²) in [5, 5.41) is 12.5.